The molecule has 1 saturated heterocycles. The van der Waals surface area contributed by atoms with Crippen LogP contribution >= 0.6 is 22.9 Å². The largest absolute Gasteiger partial charge is 0.337 e. The zero-order valence-corrected chi connectivity index (χ0v) is 15.8. The van der Waals surface area contributed by atoms with Gasteiger partial charge in [-0.2, -0.15) is 0 Å². The summed E-state index contributed by atoms with van der Waals surface area (Å²) in [5, 5.41) is 0. The highest BCUT2D eigenvalue weighted by Gasteiger charge is 2.28. The number of rotatable bonds is 4. The Hall–Kier alpha value is -2.18. The summed E-state index contributed by atoms with van der Waals surface area (Å²) >= 11 is 7.32. The van der Waals surface area contributed by atoms with Crippen LogP contribution in [-0.2, 0) is 6.54 Å². The topological polar surface area (TPSA) is 51.0 Å². The summed E-state index contributed by atoms with van der Waals surface area (Å²) in [5.74, 6) is 1.36. The number of likely N-dealkylation sites (tertiary alicyclic amines) is 1. The van der Waals surface area contributed by atoms with Crippen molar-refractivity contribution in [1.82, 2.24) is 19.4 Å². The Labute approximate surface area is 161 Å². The number of hydrogen-bond acceptors (Lipinski definition) is 4. The number of piperidine rings is 1. The Morgan fingerprint density at radius 1 is 1.23 bits per heavy atom. The Balaban J connectivity index is 1.50. The van der Waals surface area contributed by atoms with E-state index in [4.69, 9.17) is 11.6 Å². The molecule has 26 heavy (non-hydrogen) atoms. The van der Waals surface area contributed by atoms with Crippen molar-refractivity contribution in [3.8, 4) is 0 Å². The molecule has 0 spiro atoms. The van der Waals surface area contributed by atoms with Gasteiger partial charge in [0.25, 0.3) is 5.91 Å². The van der Waals surface area contributed by atoms with Gasteiger partial charge in [0.05, 0.1) is 9.21 Å². The second-order valence-electron chi connectivity index (χ2n) is 6.46. The third kappa shape index (κ3) is 3.66. The zero-order valence-electron chi connectivity index (χ0n) is 14.2. The molecule has 134 valence electrons. The molecule has 0 radical (unpaired) electrons. The van der Waals surface area contributed by atoms with Crippen LogP contribution in [0, 0.1) is 0 Å². The van der Waals surface area contributed by atoms with Crippen molar-refractivity contribution in [2.24, 2.45) is 0 Å². The van der Waals surface area contributed by atoms with E-state index in [2.05, 4.69) is 14.5 Å². The fraction of sp³-hybridized carbons (Fsp3) is 0.316. The monoisotopic (exact) mass is 386 g/mol. The number of aromatic nitrogens is 3. The highest BCUT2D eigenvalue weighted by molar-refractivity contribution is 7.17. The number of carbonyl (C=O) groups excluding carboxylic acids is 1. The molecule has 0 bridgehead atoms. The number of thiophene rings is 1. The van der Waals surface area contributed by atoms with Crippen molar-refractivity contribution in [3.63, 3.8) is 0 Å². The number of pyridine rings is 1. The van der Waals surface area contributed by atoms with Crippen LogP contribution in [0.1, 0.15) is 39.8 Å². The number of hydrogen-bond donors (Lipinski definition) is 0. The fourth-order valence-electron chi connectivity index (χ4n) is 3.46. The first-order chi connectivity index (χ1) is 12.7. The van der Waals surface area contributed by atoms with Crippen LogP contribution in [-0.4, -0.2) is 38.4 Å². The van der Waals surface area contributed by atoms with Crippen LogP contribution in [0.5, 0.6) is 0 Å². The van der Waals surface area contributed by atoms with E-state index in [-0.39, 0.29) is 11.8 Å². The number of amides is 1. The van der Waals surface area contributed by atoms with E-state index in [9.17, 15) is 4.79 Å². The van der Waals surface area contributed by atoms with Gasteiger partial charge in [-0.3, -0.25) is 9.78 Å². The number of halogens is 1. The molecule has 4 heterocycles. The van der Waals surface area contributed by atoms with Crippen LogP contribution in [0.3, 0.4) is 0 Å². The van der Waals surface area contributed by atoms with E-state index < -0.39 is 0 Å². The van der Waals surface area contributed by atoms with E-state index in [1.807, 2.05) is 35.5 Å². The van der Waals surface area contributed by atoms with Crippen LogP contribution in [0.15, 0.2) is 49.1 Å². The van der Waals surface area contributed by atoms with Gasteiger partial charge in [0, 0.05) is 50.3 Å². The molecule has 0 aliphatic carbocycles. The van der Waals surface area contributed by atoms with Gasteiger partial charge < -0.3 is 9.47 Å². The molecular weight excluding hydrogens is 368 g/mol. The minimum atomic E-state index is 0.0684. The lowest BCUT2D eigenvalue weighted by Crippen LogP contribution is -2.39. The Morgan fingerprint density at radius 2 is 2.08 bits per heavy atom. The van der Waals surface area contributed by atoms with Gasteiger partial charge in [-0.25, -0.2) is 4.98 Å². The number of nitrogens with zero attached hydrogens (tertiary/aromatic N) is 4. The van der Waals surface area contributed by atoms with Gasteiger partial charge in [-0.15, -0.1) is 11.3 Å². The summed E-state index contributed by atoms with van der Waals surface area (Å²) in [7, 11) is 0. The van der Waals surface area contributed by atoms with Gasteiger partial charge in [-0.05, 0) is 42.7 Å². The summed E-state index contributed by atoms with van der Waals surface area (Å²) in [6.07, 6.45) is 9.49. The molecule has 7 heteroatoms. The van der Waals surface area contributed by atoms with Crippen LogP contribution in [0.25, 0.3) is 0 Å². The minimum absolute atomic E-state index is 0.0684. The van der Waals surface area contributed by atoms with Gasteiger partial charge in [-0.1, -0.05) is 11.6 Å². The van der Waals surface area contributed by atoms with E-state index in [1.54, 1.807) is 18.5 Å². The van der Waals surface area contributed by atoms with Crippen molar-refractivity contribution in [3.05, 3.63) is 69.7 Å². The third-order valence-electron chi connectivity index (χ3n) is 4.71. The van der Waals surface area contributed by atoms with Crippen LogP contribution in [0.4, 0.5) is 0 Å². The molecule has 1 atom stereocenters. The summed E-state index contributed by atoms with van der Waals surface area (Å²) in [5.41, 5.74) is 1.19. The van der Waals surface area contributed by atoms with Gasteiger partial charge in [0.15, 0.2) is 0 Å². The van der Waals surface area contributed by atoms with E-state index >= 15 is 0 Å². The molecule has 0 N–H and O–H groups in total. The lowest BCUT2D eigenvalue weighted by atomic mass is 9.97. The first-order valence-electron chi connectivity index (χ1n) is 8.65. The van der Waals surface area contributed by atoms with Gasteiger partial charge >= 0.3 is 0 Å². The molecule has 3 aromatic heterocycles. The smallest absolute Gasteiger partial charge is 0.263 e. The summed E-state index contributed by atoms with van der Waals surface area (Å²) in [6, 6.07) is 7.62. The third-order valence-corrected chi connectivity index (χ3v) is 5.93. The van der Waals surface area contributed by atoms with Gasteiger partial charge in [0.1, 0.15) is 5.82 Å². The normalized spacial score (nSPS) is 17.4. The average molecular weight is 387 g/mol. The van der Waals surface area contributed by atoms with Crippen molar-refractivity contribution < 1.29 is 4.79 Å². The zero-order chi connectivity index (χ0) is 17.9. The molecule has 1 amide bonds. The molecule has 1 aliphatic heterocycles. The molecule has 3 aromatic rings. The lowest BCUT2D eigenvalue weighted by Gasteiger charge is -2.32. The molecule has 0 aromatic carbocycles. The number of imidazole rings is 1. The minimum Gasteiger partial charge on any atom is -0.337 e. The van der Waals surface area contributed by atoms with Crippen molar-refractivity contribution in [2.75, 3.05) is 13.1 Å². The molecule has 4 rings (SSSR count). The van der Waals surface area contributed by atoms with Gasteiger partial charge in [0.2, 0.25) is 0 Å². The van der Waals surface area contributed by atoms with E-state index in [1.165, 1.54) is 16.9 Å². The Kier molecular flexibility index (Phi) is 5.04. The maximum Gasteiger partial charge on any atom is 0.263 e. The molecule has 0 saturated carbocycles. The average Bonchev–Trinajstić information content (AvgIpc) is 3.31. The van der Waals surface area contributed by atoms with E-state index in [0.717, 1.165) is 31.8 Å². The summed E-state index contributed by atoms with van der Waals surface area (Å²) < 4.78 is 2.82. The van der Waals surface area contributed by atoms with E-state index in [0.29, 0.717) is 15.8 Å². The highest BCUT2D eigenvalue weighted by atomic mass is 35.5. The first kappa shape index (κ1) is 17.2. The van der Waals surface area contributed by atoms with Crippen molar-refractivity contribution in [1.29, 1.82) is 0 Å². The first-order valence-corrected chi connectivity index (χ1v) is 9.84. The molecule has 1 unspecified atom stereocenters. The summed E-state index contributed by atoms with van der Waals surface area (Å²) in [4.78, 5) is 24.1. The molecule has 5 nitrogen and oxygen atoms in total. The Bertz CT molecular complexity index is 892. The summed E-state index contributed by atoms with van der Waals surface area (Å²) in [6.45, 7) is 2.25. The standard InChI is InChI=1S/C19H19ClN4OS/c20-17-4-3-16(26-17)19(25)24-10-1-2-15(13-24)18-22-9-11-23(18)12-14-5-7-21-8-6-14/h3-9,11,15H,1-2,10,12-13H2. The van der Waals surface area contributed by atoms with Crippen LogP contribution in [0.2, 0.25) is 4.34 Å². The SMILES string of the molecule is O=C(c1ccc(Cl)s1)N1CCCC(c2nccn2Cc2ccncc2)C1. The second-order valence-corrected chi connectivity index (χ2v) is 8.18. The molecular formula is C19H19ClN4OS. The quantitative estimate of drug-likeness (QED) is 0.679. The predicted octanol–water partition coefficient (Wildman–Crippen LogP) is 4.06. The maximum absolute atomic E-state index is 12.7. The van der Waals surface area contributed by atoms with Crippen LogP contribution < -0.4 is 0 Å². The highest BCUT2D eigenvalue weighted by Crippen LogP contribution is 2.29. The second kappa shape index (κ2) is 7.60. The number of carbonyl (C=O) groups is 1. The predicted molar refractivity (Wildman–Crippen MR) is 103 cm³/mol. The maximum atomic E-state index is 12.7. The molecule has 1 fully saturated rings. The van der Waals surface area contributed by atoms with Crippen molar-refractivity contribution in [2.45, 2.75) is 25.3 Å². The molecule has 1 aliphatic rings. The Morgan fingerprint density at radius 3 is 2.85 bits per heavy atom. The van der Waals surface area contributed by atoms with Crippen molar-refractivity contribution >= 4 is 28.8 Å². The fourth-order valence-corrected chi connectivity index (χ4v) is 4.47. The lowest BCUT2D eigenvalue weighted by molar-refractivity contribution is 0.0708.